The third-order valence-electron chi connectivity index (χ3n) is 6.47. The van der Waals surface area contributed by atoms with Gasteiger partial charge in [0.05, 0.1) is 30.6 Å². The van der Waals surface area contributed by atoms with E-state index in [-0.39, 0.29) is 22.8 Å². The fourth-order valence-corrected chi connectivity index (χ4v) is 4.49. The van der Waals surface area contributed by atoms with Crippen molar-refractivity contribution in [2.45, 2.75) is 55.4 Å². The Hall–Kier alpha value is -2.55. The van der Waals surface area contributed by atoms with Crippen LogP contribution >= 0.6 is 11.6 Å². The Labute approximate surface area is 202 Å². The zero-order valence-corrected chi connectivity index (χ0v) is 19.3. The van der Waals surface area contributed by atoms with Crippen molar-refractivity contribution in [1.29, 1.82) is 0 Å². The predicted octanol–water partition coefficient (Wildman–Crippen LogP) is 0.826. The van der Waals surface area contributed by atoms with Gasteiger partial charge in [0.25, 0.3) is 0 Å². The van der Waals surface area contributed by atoms with Gasteiger partial charge in [0.1, 0.15) is 47.4 Å². The Bertz CT molecular complexity index is 1220. The second-order valence-corrected chi connectivity index (χ2v) is 9.15. The van der Waals surface area contributed by atoms with E-state index in [1.807, 2.05) is 0 Å². The van der Waals surface area contributed by atoms with Crippen LogP contribution in [-0.4, -0.2) is 83.4 Å². The molecule has 35 heavy (non-hydrogen) atoms. The van der Waals surface area contributed by atoms with Gasteiger partial charge in [-0.15, -0.1) is 10.2 Å². The Kier molecular flexibility index (Phi) is 6.32. The molecule has 14 heteroatoms. The van der Waals surface area contributed by atoms with Gasteiger partial charge in [0.2, 0.25) is 0 Å². The highest BCUT2D eigenvalue weighted by molar-refractivity contribution is 6.30. The largest absolute Gasteiger partial charge is 0.394 e. The maximum atomic E-state index is 14.4. The quantitative estimate of drug-likeness (QED) is 0.392. The first kappa shape index (κ1) is 24.2. The molecule has 1 aliphatic carbocycles. The van der Waals surface area contributed by atoms with Crippen LogP contribution in [0.15, 0.2) is 24.5 Å². The van der Waals surface area contributed by atoms with E-state index >= 15 is 0 Å². The van der Waals surface area contributed by atoms with E-state index in [2.05, 4.69) is 20.6 Å². The highest BCUT2D eigenvalue weighted by Gasteiger charge is 2.48. The molecule has 2 aromatic heterocycles. The summed E-state index contributed by atoms with van der Waals surface area (Å²) in [5, 5.41) is 46.7. The Morgan fingerprint density at radius 3 is 2.63 bits per heavy atom. The van der Waals surface area contributed by atoms with Crippen molar-refractivity contribution in [3.8, 4) is 11.3 Å². The average molecular weight is 513 g/mol. The number of methoxy groups -OCH3 is 1. The molecule has 3 N–H and O–H groups in total. The number of nitrogens with zero attached hydrogens (tertiary/aromatic N) is 6. The lowest BCUT2D eigenvalue weighted by molar-refractivity contribution is -0.216. The van der Waals surface area contributed by atoms with Gasteiger partial charge in [-0.3, -0.25) is 0 Å². The maximum Gasteiger partial charge on any atom is 0.178 e. The van der Waals surface area contributed by atoms with Crippen LogP contribution in [0.1, 0.15) is 24.6 Å². The minimum absolute atomic E-state index is 0.0160. The molecule has 2 fully saturated rings. The Balaban J connectivity index is 1.44. The fraction of sp³-hybridized carbons (Fsp3) is 0.524. The van der Waals surface area contributed by atoms with E-state index in [1.165, 1.54) is 34.8 Å². The van der Waals surface area contributed by atoms with Crippen LogP contribution in [0.3, 0.4) is 0 Å². The minimum atomic E-state index is -1.26. The Morgan fingerprint density at radius 2 is 1.94 bits per heavy atom. The number of ether oxygens (including phenoxy) is 2. The normalized spacial score (nSPS) is 27.8. The summed E-state index contributed by atoms with van der Waals surface area (Å²) in [6.07, 6.45) is 0.406. The summed E-state index contributed by atoms with van der Waals surface area (Å²) < 4.78 is 42.7. The van der Waals surface area contributed by atoms with Gasteiger partial charge in [-0.2, -0.15) is 0 Å². The highest BCUT2D eigenvalue weighted by atomic mass is 35.5. The third kappa shape index (κ3) is 4.32. The number of hydrogen-bond donors (Lipinski definition) is 3. The molecule has 1 aliphatic heterocycles. The molecular weight excluding hydrogens is 490 g/mol. The first-order valence-electron chi connectivity index (χ1n) is 10.9. The molecule has 0 radical (unpaired) electrons. The molecule has 3 heterocycles. The monoisotopic (exact) mass is 512 g/mol. The smallest absolute Gasteiger partial charge is 0.178 e. The van der Waals surface area contributed by atoms with Crippen LogP contribution in [0.2, 0.25) is 5.02 Å². The topological polar surface area (TPSA) is 141 Å². The van der Waals surface area contributed by atoms with E-state index in [0.717, 1.165) is 0 Å². The van der Waals surface area contributed by atoms with Crippen molar-refractivity contribution in [1.82, 2.24) is 30.0 Å². The van der Waals surface area contributed by atoms with Crippen molar-refractivity contribution in [3.05, 3.63) is 46.9 Å². The van der Waals surface area contributed by atoms with Crippen LogP contribution in [0, 0.1) is 11.6 Å². The lowest BCUT2D eigenvalue weighted by atomic mass is 9.92. The molecule has 0 bridgehead atoms. The lowest BCUT2D eigenvalue weighted by Crippen LogP contribution is -2.57. The number of halogens is 3. The van der Waals surface area contributed by atoms with Crippen molar-refractivity contribution in [2.24, 2.45) is 0 Å². The van der Waals surface area contributed by atoms with Crippen LogP contribution in [0.5, 0.6) is 0 Å². The van der Waals surface area contributed by atoms with E-state index in [1.54, 1.807) is 6.20 Å². The SMILES string of the molecule is CO[C@@H]1[C@@H](n2cc(-c3ccc(Cl)c(F)c3F)nn2)[C@@H](O)[C@@H](CO)O[C@@H]1Cn1cc(C2(O)CC2)nn1. The summed E-state index contributed by atoms with van der Waals surface area (Å²) in [6.45, 7) is -0.356. The summed E-state index contributed by atoms with van der Waals surface area (Å²) in [6, 6.07) is 1.59. The summed E-state index contributed by atoms with van der Waals surface area (Å²) in [5.74, 6) is -2.38. The lowest BCUT2D eigenvalue weighted by Gasteiger charge is -2.43. The molecule has 0 amide bonds. The summed E-state index contributed by atoms with van der Waals surface area (Å²) >= 11 is 5.63. The highest BCUT2D eigenvalue weighted by Crippen LogP contribution is 2.44. The zero-order chi connectivity index (χ0) is 24.9. The minimum Gasteiger partial charge on any atom is -0.394 e. The van der Waals surface area contributed by atoms with E-state index in [9.17, 15) is 24.1 Å². The van der Waals surface area contributed by atoms with Gasteiger partial charge >= 0.3 is 0 Å². The molecule has 0 unspecified atom stereocenters. The standard InChI is InChI=1S/C21H23ClF2N6O5/c1-34-20-13(7-29-8-15(26-27-29)21(33)4-5-21)35-14(9-31)19(32)18(20)30-6-12(25-28-30)10-2-3-11(22)17(24)16(10)23/h2-3,6,8,13-14,18-20,31-33H,4-5,7,9H2,1H3/t13-,14-,18+,19+,20+/m1/s1. The Morgan fingerprint density at radius 1 is 1.17 bits per heavy atom. The van der Waals surface area contributed by atoms with Crippen LogP contribution in [0.25, 0.3) is 11.3 Å². The molecule has 5 atom stereocenters. The maximum absolute atomic E-state index is 14.4. The molecule has 2 aliphatic rings. The van der Waals surface area contributed by atoms with Gasteiger partial charge < -0.3 is 24.8 Å². The third-order valence-corrected chi connectivity index (χ3v) is 6.76. The first-order chi connectivity index (χ1) is 16.8. The molecule has 5 rings (SSSR count). The van der Waals surface area contributed by atoms with Gasteiger partial charge in [-0.25, -0.2) is 18.1 Å². The number of hydrogen-bond acceptors (Lipinski definition) is 9. The fourth-order valence-electron chi connectivity index (χ4n) is 4.34. The van der Waals surface area contributed by atoms with Crippen molar-refractivity contribution in [2.75, 3.05) is 13.7 Å². The van der Waals surface area contributed by atoms with Gasteiger partial charge in [-0.1, -0.05) is 22.0 Å². The predicted molar refractivity (Wildman–Crippen MR) is 115 cm³/mol. The number of aliphatic hydroxyl groups excluding tert-OH is 2. The second kappa shape index (κ2) is 9.15. The summed E-state index contributed by atoms with van der Waals surface area (Å²) in [7, 11) is 1.42. The molecule has 0 spiro atoms. The van der Waals surface area contributed by atoms with Gasteiger partial charge in [0.15, 0.2) is 11.6 Å². The summed E-state index contributed by atoms with van der Waals surface area (Å²) in [4.78, 5) is 0. The zero-order valence-electron chi connectivity index (χ0n) is 18.5. The van der Waals surface area contributed by atoms with Gasteiger partial charge in [0, 0.05) is 12.7 Å². The second-order valence-electron chi connectivity index (χ2n) is 8.74. The van der Waals surface area contributed by atoms with Crippen molar-refractivity contribution >= 4 is 11.6 Å². The molecule has 1 saturated carbocycles. The van der Waals surface area contributed by atoms with Crippen LogP contribution < -0.4 is 0 Å². The van der Waals surface area contributed by atoms with Crippen molar-refractivity contribution in [3.63, 3.8) is 0 Å². The van der Waals surface area contributed by atoms with E-state index in [0.29, 0.717) is 18.5 Å². The number of benzene rings is 1. The summed E-state index contributed by atoms with van der Waals surface area (Å²) in [5.41, 5.74) is -0.637. The van der Waals surface area contributed by atoms with Crippen LogP contribution in [0.4, 0.5) is 8.78 Å². The van der Waals surface area contributed by atoms with Crippen molar-refractivity contribution < 1.29 is 33.6 Å². The first-order valence-corrected chi connectivity index (χ1v) is 11.3. The van der Waals surface area contributed by atoms with Crippen LogP contribution in [-0.2, 0) is 21.6 Å². The molecule has 1 saturated heterocycles. The molecule has 188 valence electrons. The molecule has 11 nitrogen and oxygen atoms in total. The number of aromatic nitrogens is 6. The molecule has 3 aromatic rings. The van der Waals surface area contributed by atoms with E-state index in [4.69, 9.17) is 21.1 Å². The molecular formula is C21H23ClF2N6O5. The number of rotatable bonds is 7. The van der Waals surface area contributed by atoms with E-state index < -0.39 is 54.3 Å². The molecule has 1 aromatic carbocycles. The average Bonchev–Trinajstić information content (AvgIpc) is 3.23. The van der Waals surface area contributed by atoms with Gasteiger partial charge in [-0.05, 0) is 25.0 Å². The number of aliphatic hydroxyl groups is 3.